The van der Waals surface area contributed by atoms with Crippen LogP contribution in [-0.4, -0.2) is 46.1 Å². The molecule has 1 amide bonds. The molecule has 7 nitrogen and oxygen atoms in total. The van der Waals surface area contributed by atoms with Gasteiger partial charge in [-0.1, -0.05) is 0 Å². The van der Waals surface area contributed by atoms with Crippen LogP contribution in [0.5, 0.6) is 0 Å². The summed E-state index contributed by atoms with van der Waals surface area (Å²) in [4.78, 5) is 19.1. The Kier molecular flexibility index (Phi) is 5.62. The van der Waals surface area contributed by atoms with Crippen LogP contribution in [0.3, 0.4) is 0 Å². The molecule has 2 atom stereocenters. The van der Waals surface area contributed by atoms with Gasteiger partial charge in [-0.2, -0.15) is 0 Å². The molecule has 1 N–H and O–H groups in total. The fourth-order valence-corrected chi connectivity index (χ4v) is 3.83. The summed E-state index contributed by atoms with van der Waals surface area (Å²) in [5, 5.41) is 11.2. The van der Waals surface area contributed by atoms with E-state index in [-0.39, 0.29) is 12.8 Å². The first-order chi connectivity index (χ1) is 11.8. The van der Waals surface area contributed by atoms with Crippen LogP contribution in [0.2, 0.25) is 0 Å². The van der Waals surface area contributed by atoms with E-state index in [0.717, 1.165) is 41.4 Å². The molecule has 0 aliphatic carbocycles. The normalized spacial score (nSPS) is 24.1. The summed E-state index contributed by atoms with van der Waals surface area (Å²) >= 11 is 1.44. The fraction of sp³-hybridized carbons (Fsp3) is 0.765. The molecule has 2 unspecified atom stereocenters. The minimum absolute atomic E-state index is 0.169. The molecule has 1 aromatic heterocycles. The second-order valence-electron chi connectivity index (χ2n) is 7.40. The van der Waals surface area contributed by atoms with Gasteiger partial charge in [0.1, 0.15) is 23.3 Å². The third kappa shape index (κ3) is 4.91. The lowest BCUT2D eigenvalue weighted by Crippen LogP contribution is -2.41. The van der Waals surface area contributed by atoms with Crippen molar-refractivity contribution in [3.63, 3.8) is 0 Å². The van der Waals surface area contributed by atoms with Crippen molar-refractivity contribution in [2.75, 3.05) is 13.2 Å². The first kappa shape index (κ1) is 18.6. The van der Waals surface area contributed by atoms with Crippen LogP contribution in [0.1, 0.15) is 61.7 Å². The summed E-state index contributed by atoms with van der Waals surface area (Å²) in [7, 11) is 0. The number of aliphatic hydroxyl groups excluding tert-OH is 1. The maximum absolute atomic E-state index is 12.2. The number of β-amino-alcohol motifs (C(OH)–C–C–N with tert-alkyl or cyclic N) is 1. The van der Waals surface area contributed by atoms with Gasteiger partial charge < -0.3 is 19.3 Å². The van der Waals surface area contributed by atoms with Gasteiger partial charge in [0.2, 0.25) is 0 Å². The summed E-state index contributed by atoms with van der Waals surface area (Å²) < 4.78 is 16.7. The smallest absolute Gasteiger partial charge is 0.410 e. The molecule has 0 radical (unpaired) electrons. The van der Waals surface area contributed by atoms with Crippen LogP contribution in [0.4, 0.5) is 4.79 Å². The lowest BCUT2D eigenvalue weighted by Gasteiger charge is -2.31. The number of rotatable bonds is 3. The van der Waals surface area contributed by atoms with Crippen LogP contribution < -0.4 is 0 Å². The molecule has 0 bridgehead atoms. The zero-order chi connectivity index (χ0) is 18.0. The highest BCUT2D eigenvalue weighted by atomic mass is 32.1. The third-order valence-corrected chi connectivity index (χ3v) is 5.16. The van der Waals surface area contributed by atoms with E-state index in [4.69, 9.17) is 14.2 Å². The highest BCUT2D eigenvalue weighted by Crippen LogP contribution is 2.33. The minimum Gasteiger partial charge on any atom is -0.444 e. The van der Waals surface area contributed by atoms with Crippen LogP contribution in [-0.2, 0) is 27.4 Å². The molecule has 140 valence electrons. The highest BCUT2D eigenvalue weighted by Gasteiger charge is 2.32. The average Bonchev–Trinajstić information content (AvgIpc) is 2.96. The molecule has 1 saturated heterocycles. The Balaban J connectivity index is 1.61. The number of amides is 1. The van der Waals surface area contributed by atoms with E-state index in [1.54, 1.807) is 0 Å². The number of ether oxygens (including phenoxy) is 3. The Morgan fingerprint density at radius 2 is 2.24 bits per heavy atom. The molecule has 8 heteroatoms. The molecule has 2 aliphatic rings. The quantitative estimate of drug-likeness (QED) is 0.881. The van der Waals surface area contributed by atoms with Gasteiger partial charge in [-0.25, -0.2) is 9.78 Å². The number of fused-ring (bicyclic) bond motifs is 1. The summed E-state index contributed by atoms with van der Waals surface area (Å²) in [5.41, 5.74) is 0.154. The maximum Gasteiger partial charge on any atom is 0.410 e. The van der Waals surface area contributed by atoms with E-state index in [1.807, 2.05) is 20.8 Å². The monoisotopic (exact) mass is 370 g/mol. The van der Waals surface area contributed by atoms with Crippen molar-refractivity contribution in [2.45, 2.75) is 71.2 Å². The van der Waals surface area contributed by atoms with E-state index in [9.17, 15) is 9.90 Å². The van der Waals surface area contributed by atoms with Gasteiger partial charge in [0.15, 0.2) is 6.29 Å². The van der Waals surface area contributed by atoms with Crippen LogP contribution in [0.25, 0.3) is 0 Å². The van der Waals surface area contributed by atoms with Gasteiger partial charge in [0, 0.05) is 6.61 Å². The van der Waals surface area contributed by atoms with E-state index in [1.165, 1.54) is 16.2 Å². The Hall–Kier alpha value is -1.22. The van der Waals surface area contributed by atoms with Gasteiger partial charge in [0.25, 0.3) is 0 Å². The summed E-state index contributed by atoms with van der Waals surface area (Å²) in [6.07, 6.45) is 1.76. The summed E-state index contributed by atoms with van der Waals surface area (Å²) in [6, 6.07) is 0. The van der Waals surface area contributed by atoms with E-state index in [2.05, 4.69) is 4.98 Å². The van der Waals surface area contributed by atoms with Crippen molar-refractivity contribution >= 4 is 17.4 Å². The van der Waals surface area contributed by atoms with Crippen molar-refractivity contribution in [1.82, 2.24) is 9.88 Å². The second-order valence-corrected chi connectivity index (χ2v) is 8.52. The molecule has 1 fully saturated rings. The van der Waals surface area contributed by atoms with Crippen molar-refractivity contribution in [3.8, 4) is 0 Å². The van der Waals surface area contributed by atoms with Gasteiger partial charge in [0.05, 0.1) is 23.7 Å². The van der Waals surface area contributed by atoms with E-state index < -0.39 is 17.8 Å². The SMILES string of the molecule is CC(C)(C)OC(=O)N1Cc2nc(COC3CCCCO3)sc2C(O)C1. The van der Waals surface area contributed by atoms with Gasteiger partial charge in [-0.15, -0.1) is 11.3 Å². The average molecular weight is 370 g/mol. The van der Waals surface area contributed by atoms with Crippen LogP contribution in [0, 0.1) is 0 Å². The number of hydrogen-bond donors (Lipinski definition) is 1. The largest absolute Gasteiger partial charge is 0.444 e. The molecule has 3 heterocycles. The summed E-state index contributed by atoms with van der Waals surface area (Å²) in [6.45, 7) is 7.13. The molecule has 0 aromatic carbocycles. The molecule has 3 rings (SSSR count). The number of hydrogen-bond acceptors (Lipinski definition) is 7. The van der Waals surface area contributed by atoms with E-state index >= 15 is 0 Å². The van der Waals surface area contributed by atoms with Crippen molar-refractivity contribution in [1.29, 1.82) is 0 Å². The van der Waals surface area contributed by atoms with Gasteiger partial charge >= 0.3 is 6.09 Å². The Morgan fingerprint density at radius 1 is 1.44 bits per heavy atom. The topological polar surface area (TPSA) is 81.1 Å². The third-order valence-electron chi connectivity index (χ3n) is 3.99. The standard InChI is InChI=1S/C17H26N2O5S/c1-17(2,3)24-16(21)19-8-11-15(12(20)9-19)25-13(18-11)10-23-14-6-4-5-7-22-14/h12,14,20H,4-10H2,1-3H3. The molecule has 25 heavy (non-hydrogen) atoms. The molecule has 0 saturated carbocycles. The van der Waals surface area contributed by atoms with Crippen LogP contribution >= 0.6 is 11.3 Å². The van der Waals surface area contributed by atoms with Gasteiger partial charge in [-0.3, -0.25) is 4.90 Å². The lowest BCUT2D eigenvalue weighted by molar-refractivity contribution is -0.168. The number of aromatic nitrogens is 1. The molecule has 1 aromatic rings. The van der Waals surface area contributed by atoms with Gasteiger partial charge in [-0.05, 0) is 40.0 Å². The number of carbonyl (C=O) groups is 1. The van der Waals surface area contributed by atoms with E-state index in [0.29, 0.717) is 13.2 Å². The molecular formula is C17H26N2O5S. The number of thiazole rings is 1. The minimum atomic E-state index is -0.742. The predicted octanol–water partition coefficient (Wildman–Crippen LogP) is 2.97. The Bertz CT molecular complexity index is 607. The Labute approximate surface area is 151 Å². The Morgan fingerprint density at radius 3 is 2.92 bits per heavy atom. The second kappa shape index (κ2) is 7.57. The zero-order valence-corrected chi connectivity index (χ0v) is 15.8. The van der Waals surface area contributed by atoms with Crippen molar-refractivity contribution in [2.24, 2.45) is 0 Å². The number of nitrogens with zero attached hydrogens (tertiary/aromatic N) is 2. The molecular weight excluding hydrogens is 344 g/mol. The zero-order valence-electron chi connectivity index (χ0n) is 15.0. The van der Waals surface area contributed by atoms with Crippen LogP contribution in [0.15, 0.2) is 0 Å². The van der Waals surface area contributed by atoms with Crippen molar-refractivity contribution in [3.05, 3.63) is 15.6 Å². The number of carbonyl (C=O) groups excluding carboxylic acids is 1. The molecule has 2 aliphatic heterocycles. The predicted molar refractivity (Wildman–Crippen MR) is 92.1 cm³/mol. The lowest BCUT2D eigenvalue weighted by atomic mass is 10.1. The molecule has 0 spiro atoms. The summed E-state index contributed by atoms with van der Waals surface area (Å²) in [5.74, 6) is 0. The fourth-order valence-electron chi connectivity index (χ4n) is 2.86. The first-order valence-electron chi connectivity index (χ1n) is 8.69. The highest BCUT2D eigenvalue weighted by molar-refractivity contribution is 7.11. The van der Waals surface area contributed by atoms with Crippen molar-refractivity contribution < 1.29 is 24.1 Å². The number of aliphatic hydroxyl groups is 1. The first-order valence-corrected chi connectivity index (χ1v) is 9.51. The maximum atomic E-state index is 12.2.